The molecular weight excluding hydrogens is 206 g/mol. The van der Waals surface area contributed by atoms with Gasteiger partial charge in [-0.05, 0) is 25.5 Å². The molecule has 5 nitrogen and oxygen atoms in total. The van der Waals surface area contributed by atoms with Crippen molar-refractivity contribution in [3.63, 3.8) is 0 Å². The largest absolute Gasteiger partial charge is 0.508 e. The van der Waals surface area contributed by atoms with Gasteiger partial charge in [-0.3, -0.25) is 0 Å². The first kappa shape index (κ1) is 10.9. The van der Waals surface area contributed by atoms with Crippen molar-refractivity contribution in [1.82, 2.24) is 15.0 Å². The molecule has 1 N–H and O–H groups in total. The van der Waals surface area contributed by atoms with E-state index >= 15 is 0 Å². The Bertz CT molecular complexity index is 481. The second-order valence-corrected chi connectivity index (χ2v) is 3.82. The monoisotopic (exact) mass is 221 g/mol. The number of methoxy groups -OCH3 is 1. The molecule has 0 radical (unpaired) electrons. The van der Waals surface area contributed by atoms with E-state index in [2.05, 4.69) is 10.3 Å². The van der Waals surface area contributed by atoms with E-state index in [9.17, 15) is 5.11 Å². The van der Waals surface area contributed by atoms with Gasteiger partial charge in [-0.1, -0.05) is 5.21 Å². The van der Waals surface area contributed by atoms with Crippen LogP contribution in [0.1, 0.15) is 13.3 Å². The van der Waals surface area contributed by atoms with E-state index in [0.717, 1.165) is 18.5 Å². The van der Waals surface area contributed by atoms with Crippen LogP contribution in [-0.2, 0) is 11.3 Å². The SMILES string of the molecule is COC(C)CCn1nnc2cc(O)ccc21. The van der Waals surface area contributed by atoms with Crippen LogP contribution in [0.15, 0.2) is 18.2 Å². The van der Waals surface area contributed by atoms with Crippen molar-refractivity contribution in [2.75, 3.05) is 7.11 Å². The fraction of sp³-hybridized carbons (Fsp3) is 0.455. The van der Waals surface area contributed by atoms with Crippen LogP contribution in [0.5, 0.6) is 5.75 Å². The first-order valence-electron chi connectivity index (χ1n) is 5.25. The normalized spacial score (nSPS) is 13.1. The van der Waals surface area contributed by atoms with E-state index in [1.807, 2.05) is 17.7 Å². The second-order valence-electron chi connectivity index (χ2n) is 3.82. The summed E-state index contributed by atoms with van der Waals surface area (Å²) in [6, 6.07) is 5.07. The third-order valence-corrected chi connectivity index (χ3v) is 2.65. The summed E-state index contributed by atoms with van der Waals surface area (Å²) in [5.74, 6) is 0.213. The molecule has 0 bridgehead atoms. The number of fused-ring (bicyclic) bond motifs is 1. The van der Waals surface area contributed by atoms with E-state index in [1.165, 1.54) is 0 Å². The van der Waals surface area contributed by atoms with Gasteiger partial charge in [0.1, 0.15) is 11.3 Å². The van der Waals surface area contributed by atoms with E-state index in [1.54, 1.807) is 19.2 Å². The van der Waals surface area contributed by atoms with Gasteiger partial charge >= 0.3 is 0 Å². The topological polar surface area (TPSA) is 60.2 Å². The summed E-state index contributed by atoms with van der Waals surface area (Å²) < 4.78 is 7.00. The van der Waals surface area contributed by atoms with Crippen LogP contribution in [0.3, 0.4) is 0 Å². The summed E-state index contributed by atoms with van der Waals surface area (Å²) in [6.07, 6.45) is 1.09. The van der Waals surface area contributed by atoms with Crippen molar-refractivity contribution in [2.24, 2.45) is 0 Å². The van der Waals surface area contributed by atoms with Crippen molar-refractivity contribution < 1.29 is 9.84 Å². The first-order valence-corrected chi connectivity index (χ1v) is 5.25. The van der Waals surface area contributed by atoms with Gasteiger partial charge in [-0.15, -0.1) is 5.10 Å². The summed E-state index contributed by atoms with van der Waals surface area (Å²) in [4.78, 5) is 0. The fourth-order valence-electron chi connectivity index (χ4n) is 1.55. The Morgan fingerprint density at radius 3 is 3.06 bits per heavy atom. The molecule has 0 saturated heterocycles. The molecule has 0 aliphatic heterocycles. The van der Waals surface area contributed by atoms with Crippen LogP contribution in [-0.4, -0.2) is 33.3 Å². The number of aromatic hydroxyl groups is 1. The molecule has 5 heteroatoms. The van der Waals surface area contributed by atoms with Crippen molar-refractivity contribution in [3.8, 4) is 5.75 Å². The van der Waals surface area contributed by atoms with E-state index in [4.69, 9.17) is 4.74 Å². The van der Waals surface area contributed by atoms with E-state index < -0.39 is 0 Å². The van der Waals surface area contributed by atoms with Gasteiger partial charge in [0.2, 0.25) is 0 Å². The number of hydrogen-bond acceptors (Lipinski definition) is 4. The van der Waals surface area contributed by atoms with Crippen molar-refractivity contribution >= 4 is 11.0 Å². The quantitative estimate of drug-likeness (QED) is 0.851. The van der Waals surface area contributed by atoms with Crippen LogP contribution in [0.2, 0.25) is 0 Å². The number of aromatic nitrogens is 3. The van der Waals surface area contributed by atoms with Gasteiger partial charge < -0.3 is 9.84 Å². The predicted octanol–water partition coefficient (Wildman–Crippen LogP) is 1.56. The minimum atomic E-state index is 0.205. The molecule has 0 aliphatic carbocycles. The van der Waals surface area contributed by atoms with Gasteiger partial charge in [0.15, 0.2) is 0 Å². The lowest BCUT2D eigenvalue weighted by atomic mass is 10.2. The van der Waals surface area contributed by atoms with Crippen molar-refractivity contribution in [1.29, 1.82) is 0 Å². The zero-order valence-corrected chi connectivity index (χ0v) is 9.42. The highest BCUT2D eigenvalue weighted by atomic mass is 16.5. The minimum Gasteiger partial charge on any atom is -0.508 e. The van der Waals surface area contributed by atoms with Gasteiger partial charge in [-0.2, -0.15) is 0 Å². The van der Waals surface area contributed by atoms with Gasteiger partial charge in [-0.25, -0.2) is 4.68 Å². The van der Waals surface area contributed by atoms with Crippen LogP contribution in [0.4, 0.5) is 0 Å². The second kappa shape index (κ2) is 4.49. The first-order chi connectivity index (χ1) is 7.70. The highest BCUT2D eigenvalue weighted by Crippen LogP contribution is 2.17. The van der Waals surface area contributed by atoms with Crippen LogP contribution >= 0.6 is 0 Å². The zero-order valence-electron chi connectivity index (χ0n) is 9.42. The zero-order chi connectivity index (χ0) is 11.5. The number of ether oxygens (including phenoxy) is 1. The Labute approximate surface area is 93.6 Å². The van der Waals surface area contributed by atoms with E-state index in [-0.39, 0.29) is 11.9 Å². The van der Waals surface area contributed by atoms with Crippen LogP contribution in [0.25, 0.3) is 11.0 Å². The number of hydrogen-bond donors (Lipinski definition) is 1. The maximum absolute atomic E-state index is 9.30. The summed E-state index contributed by atoms with van der Waals surface area (Å²) in [5, 5.41) is 17.3. The molecule has 0 saturated carbocycles. The number of rotatable bonds is 4. The van der Waals surface area contributed by atoms with Gasteiger partial charge in [0.25, 0.3) is 0 Å². The Kier molecular flexibility index (Phi) is 3.05. The number of aryl methyl sites for hydroxylation is 1. The van der Waals surface area contributed by atoms with Crippen molar-refractivity contribution in [2.45, 2.75) is 26.0 Å². The fourth-order valence-corrected chi connectivity index (χ4v) is 1.55. The third kappa shape index (κ3) is 2.14. The number of nitrogens with zero attached hydrogens (tertiary/aromatic N) is 3. The number of phenolic OH excluding ortho intramolecular Hbond substituents is 1. The summed E-state index contributed by atoms with van der Waals surface area (Å²) in [7, 11) is 1.70. The van der Waals surface area contributed by atoms with Gasteiger partial charge in [0, 0.05) is 19.7 Å². The molecule has 1 atom stereocenters. The maximum atomic E-state index is 9.30. The lowest BCUT2D eigenvalue weighted by Gasteiger charge is -2.08. The van der Waals surface area contributed by atoms with Crippen molar-refractivity contribution in [3.05, 3.63) is 18.2 Å². The molecule has 1 unspecified atom stereocenters. The lowest BCUT2D eigenvalue weighted by molar-refractivity contribution is 0.106. The molecule has 2 aromatic rings. The summed E-state index contributed by atoms with van der Waals surface area (Å²) in [6.45, 7) is 2.78. The highest BCUT2D eigenvalue weighted by molar-refractivity contribution is 5.75. The van der Waals surface area contributed by atoms with Crippen LogP contribution in [0, 0.1) is 0 Å². The average Bonchev–Trinajstić information content (AvgIpc) is 2.68. The highest BCUT2D eigenvalue weighted by Gasteiger charge is 2.06. The molecule has 1 aromatic carbocycles. The molecule has 0 aliphatic rings. The smallest absolute Gasteiger partial charge is 0.117 e. The molecule has 0 spiro atoms. The predicted molar refractivity (Wildman–Crippen MR) is 60.3 cm³/mol. The standard InChI is InChI=1S/C11H15N3O2/c1-8(16-2)5-6-14-11-4-3-9(15)7-10(11)12-13-14/h3-4,7-8,15H,5-6H2,1-2H3. The van der Waals surface area contributed by atoms with Gasteiger partial charge in [0.05, 0.1) is 11.6 Å². The average molecular weight is 221 g/mol. The molecule has 1 heterocycles. The van der Waals surface area contributed by atoms with Crippen LogP contribution < -0.4 is 0 Å². The molecule has 0 fully saturated rings. The number of benzene rings is 1. The van der Waals surface area contributed by atoms with E-state index in [0.29, 0.717) is 5.52 Å². The Balaban J connectivity index is 2.19. The Morgan fingerprint density at radius 1 is 1.50 bits per heavy atom. The molecule has 0 amide bonds. The maximum Gasteiger partial charge on any atom is 0.117 e. The Hall–Kier alpha value is -1.62. The molecular formula is C11H15N3O2. The molecule has 86 valence electrons. The number of phenols is 1. The Morgan fingerprint density at radius 2 is 2.31 bits per heavy atom. The third-order valence-electron chi connectivity index (χ3n) is 2.65. The molecule has 1 aromatic heterocycles. The lowest BCUT2D eigenvalue weighted by Crippen LogP contribution is -2.10. The molecule has 2 rings (SSSR count). The molecule has 16 heavy (non-hydrogen) atoms. The summed E-state index contributed by atoms with van der Waals surface area (Å²) >= 11 is 0. The minimum absolute atomic E-state index is 0.205. The summed E-state index contributed by atoms with van der Waals surface area (Å²) in [5.41, 5.74) is 1.64.